The van der Waals surface area contributed by atoms with E-state index in [-0.39, 0.29) is 23.3 Å². The summed E-state index contributed by atoms with van der Waals surface area (Å²) in [5.41, 5.74) is 0.742. The van der Waals surface area contributed by atoms with Gasteiger partial charge in [-0.1, -0.05) is 13.3 Å². The summed E-state index contributed by atoms with van der Waals surface area (Å²) in [6, 6.07) is 4.68. The Hall–Kier alpha value is -2.17. The van der Waals surface area contributed by atoms with Gasteiger partial charge in [0.2, 0.25) is 0 Å². The third-order valence-corrected chi connectivity index (χ3v) is 3.46. The van der Waals surface area contributed by atoms with Crippen molar-refractivity contribution in [2.45, 2.75) is 46.1 Å². The Morgan fingerprint density at radius 2 is 1.77 bits per heavy atom. The Kier molecular flexibility index (Phi) is 4.35. The molecule has 1 N–H and O–H groups in total. The molecule has 0 radical (unpaired) electrons. The molecule has 1 aliphatic heterocycles. The van der Waals surface area contributed by atoms with E-state index in [9.17, 15) is 14.4 Å². The van der Waals surface area contributed by atoms with Gasteiger partial charge in [0.1, 0.15) is 0 Å². The van der Waals surface area contributed by atoms with Crippen molar-refractivity contribution in [1.29, 1.82) is 0 Å². The fourth-order valence-corrected chi connectivity index (χ4v) is 2.36. The first kappa shape index (κ1) is 16.2. The number of benzene rings is 1. The molecule has 0 saturated heterocycles. The maximum Gasteiger partial charge on any atom is 0.261 e. The van der Waals surface area contributed by atoms with Gasteiger partial charge in [-0.3, -0.25) is 19.3 Å². The monoisotopic (exact) mass is 302 g/mol. The normalized spacial score (nSPS) is 14.3. The highest BCUT2D eigenvalue weighted by Crippen LogP contribution is 2.24. The highest BCUT2D eigenvalue weighted by molar-refractivity contribution is 6.22. The Labute approximate surface area is 130 Å². The average Bonchev–Trinajstić information content (AvgIpc) is 2.67. The minimum absolute atomic E-state index is 0.248. The molecule has 0 aromatic heterocycles. The second-order valence-corrected chi connectivity index (χ2v) is 6.58. The number of imide groups is 1. The fourth-order valence-electron chi connectivity index (χ4n) is 2.36. The molecule has 0 atom stereocenters. The minimum atomic E-state index is -0.358. The molecule has 2 rings (SSSR count). The number of hydrogen-bond donors (Lipinski definition) is 1. The van der Waals surface area contributed by atoms with Crippen LogP contribution in [0.2, 0.25) is 0 Å². The molecule has 3 amide bonds. The molecule has 1 aromatic carbocycles. The third-order valence-electron chi connectivity index (χ3n) is 3.46. The SMILES string of the molecule is CCCCN1C(=O)c2ccc(C(=O)NC(C)(C)C)cc2C1=O. The molecular weight excluding hydrogens is 280 g/mol. The predicted molar refractivity (Wildman–Crippen MR) is 83.9 cm³/mol. The molecule has 0 aliphatic carbocycles. The van der Waals surface area contributed by atoms with Crippen molar-refractivity contribution in [1.82, 2.24) is 10.2 Å². The zero-order chi connectivity index (χ0) is 16.5. The van der Waals surface area contributed by atoms with E-state index in [1.807, 2.05) is 27.7 Å². The van der Waals surface area contributed by atoms with E-state index in [1.165, 1.54) is 11.0 Å². The molecule has 0 fully saturated rings. The van der Waals surface area contributed by atoms with Crippen LogP contribution in [0.15, 0.2) is 18.2 Å². The van der Waals surface area contributed by atoms with Crippen molar-refractivity contribution in [2.75, 3.05) is 6.54 Å². The van der Waals surface area contributed by atoms with Crippen LogP contribution >= 0.6 is 0 Å². The third kappa shape index (κ3) is 3.18. The number of fused-ring (bicyclic) bond motifs is 1. The van der Waals surface area contributed by atoms with Crippen molar-refractivity contribution >= 4 is 17.7 Å². The highest BCUT2D eigenvalue weighted by Gasteiger charge is 2.35. The summed E-state index contributed by atoms with van der Waals surface area (Å²) in [4.78, 5) is 38.0. The minimum Gasteiger partial charge on any atom is -0.347 e. The summed E-state index contributed by atoms with van der Waals surface area (Å²) in [6.45, 7) is 8.09. The largest absolute Gasteiger partial charge is 0.347 e. The average molecular weight is 302 g/mol. The number of nitrogens with one attached hydrogen (secondary N) is 1. The lowest BCUT2D eigenvalue weighted by Crippen LogP contribution is -2.40. The van der Waals surface area contributed by atoms with Gasteiger partial charge < -0.3 is 5.32 Å². The van der Waals surface area contributed by atoms with Crippen LogP contribution in [0.1, 0.15) is 71.6 Å². The number of nitrogens with zero attached hydrogens (tertiary/aromatic N) is 1. The molecule has 22 heavy (non-hydrogen) atoms. The number of carbonyl (C=O) groups is 3. The second kappa shape index (κ2) is 5.91. The summed E-state index contributed by atoms with van der Waals surface area (Å²) in [7, 11) is 0. The predicted octanol–water partition coefficient (Wildman–Crippen LogP) is 2.61. The van der Waals surface area contributed by atoms with Crippen LogP contribution in [-0.4, -0.2) is 34.7 Å². The first-order chi connectivity index (χ1) is 10.2. The Balaban J connectivity index is 2.27. The molecule has 118 valence electrons. The van der Waals surface area contributed by atoms with E-state index in [2.05, 4.69) is 5.32 Å². The molecule has 5 heteroatoms. The van der Waals surface area contributed by atoms with Crippen LogP contribution in [0.5, 0.6) is 0 Å². The van der Waals surface area contributed by atoms with Crippen LogP contribution in [0.3, 0.4) is 0 Å². The van der Waals surface area contributed by atoms with Crippen LogP contribution < -0.4 is 5.32 Å². The molecular formula is C17H22N2O3. The number of rotatable bonds is 4. The highest BCUT2D eigenvalue weighted by atomic mass is 16.2. The number of carbonyl (C=O) groups excluding carboxylic acids is 3. The number of unbranched alkanes of at least 4 members (excludes halogenated alkanes) is 1. The van der Waals surface area contributed by atoms with E-state index >= 15 is 0 Å². The molecule has 1 heterocycles. The topological polar surface area (TPSA) is 66.5 Å². The number of amides is 3. The molecule has 1 aromatic rings. The van der Waals surface area contributed by atoms with Gasteiger partial charge in [0, 0.05) is 17.6 Å². The summed E-state index contributed by atoms with van der Waals surface area (Å²) in [6.07, 6.45) is 1.69. The zero-order valence-electron chi connectivity index (χ0n) is 13.5. The number of hydrogen-bond acceptors (Lipinski definition) is 3. The molecule has 0 bridgehead atoms. The van der Waals surface area contributed by atoms with E-state index < -0.39 is 0 Å². The molecule has 5 nitrogen and oxygen atoms in total. The Morgan fingerprint density at radius 1 is 1.14 bits per heavy atom. The van der Waals surface area contributed by atoms with Crippen LogP contribution in [0.4, 0.5) is 0 Å². The quantitative estimate of drug-likeness (QED) is 0.869. The van der Waals surface area contributed by atoms with Gasteiger partial charge in [-0.15, -0.1) is 0 Å². The Bertz CT molecular complexity index is 629. The standard InChI is InChI=1S/C17H22N2O3/c1-5-6-9-19-15(21)12-8-7-11(10-13(12)16(19)22)14(20)18-17(2,3)4/h7-8,10H,5-6,9H2,1-4H3,(H,18,20). The second-order valence-electron chi connectivity index (χ2n) is 6.58. The molecule has 0 unspecified atom stereocenters. The lowest BCUT2D eigenvalue weighted by Gasteiger charge is -2.20. The van der Waals surface area contributed by atoms with Crippen molar-refractivity contribution in [3.05, 3.63) is 34.9 Å². The molecule has 0 saturated carbocycles. The summed E-state index contributed by atoms with van der Waals surface area (Å²) >= 11 is 0. The smallest absolute Gasteiger partial charge is 0.261 e. The van der Waals surface area contributed by atoms with Crippen molar-refractivity contribution < 1.29 is 14.4 Å². The summed E-state index contributed by atoms with van der Waals surface area (Å²) < 4.78 is 0. The maximum absolute atomic E-state index is 12.3. The summed E-state index contributed by atoms with van der Waals surface area (Å²) in [5.74, 6) is -0.822. The lowest BCUT2D eigenvalue weighted by molar-refractivity contribution is 0.0652. The van der Waals surface area contributed by atoms with Gasteiger partial charge in [-0.25, -0.2) is 0 Å². The van der Waals surface area contributed by atoms with Crippen molar-refractivity contribution in [2.24, 2.45) is 0 Å². The van der Waals surface area contributed by atoms with Gasteiger partial charge in [-0.2, -0.15) is 0 Å². The zero-order valence-corrected chi connectivity index (χ0v) is 13.5. The van der Waals surface area contributed by atoms with Gasteiger partial charge in [0.25, 0.3) is 17.7 Å². The van der Waals surface area contributed by atoms with Crippen LogP contribution in [0.25, 0.3) is 0 Å². The van der Waals surface area contributed by atoms with Crippen LogP contribution in [0, 0.1) is 0 Å². The first-order valence-electron chi connectivity index (χ1n) is 7.57. The van der Waals surface area contributed by atoms with Crippen LogP contribution in [-0.2, 0) is 0 Å². The van der Waals surface area contributed by atoms with Crippen molar-refractivity contribution in [3.63, 3.8) is 0 Å². The van der Waals surface area contributed by atoms with Gasteiger partial charge in [0.15, 0.2) is 0 Å². The van der Waals surface area contributed by atoms with Crippen molar-refractivity contribution in [3.8, 4) is 0 Å². The van der Waals surface area contributed by atoms with Gasteiger partial charge in [0.05, 0.1) is 11.1 Å². The van der Waals surface area contributed by atoms with E-state index in [1.54, 1.807) is 12.1 Å². The van der Waals surface area contributed by atoms with E-state index in [4.69, 9.17) is 0 Å². The van der Waals surface area contributed by atoms with Gasteiger partial charge >= 0.3 is 0 Å². The first-order valence-corrected chi connectivity index (χ1v) is 7.57. The lowest BCUT2D eigenvalue weighted by atomic mass is 10.0. The molecule has 0 spiro atoms. The maximum atomic E-state index is 12.3. The molecule has 1 aliphatic rings. The van der Waals surface area contributed by atoms with Gasteiger partial charge in [-0.05, 0) is 45.4 Å². The van der Waals surface area contributed by atoms with E-state index in [0.29, 0.717) is 23.2 Å². The summed E-state index contributed by atoms with van der Waals surface area (Å²) in [5, 5.41) is 2.85. The fraction of sp³-hybridized carbons (Fsp3) is 0.471. The Morgan fingerprint density at radius 3 is 2.36 bits per heavy atom. The van der Waals surface area contributed by atoms with E-state index in [0.717, 1.165) is 12.8 Å².